The fraction of sp³-hybridized carbons (Fsp3) is 0.784. The van der Waals surface area contributed by atoms with Gasteiger partial charge in [0, 0.05) is 32.6 Å². The van der Waals surface area contributed by atoms with Gasteiger partial charge in [-0.2, -0.15) is 0 Å². The third kappa shape index (κ3) is 9.84. The van der Waals surface area contributed by atoms with E-state index in [1.54, 1.807) is 9.80 Å². The standard InChI is InChI=1S/C37H62N6O6/c1-11-13-14-17-24(29(45)32(47)38-19-12-2)39-31(46)28-27-23(37(27,9)10)21-43(28)33(48)30(36(6,7)8)41-34(49)40-25(35(3,4)5)22-42-20-16-15-18-26(42)44/h12,23-25,27-28,30H,2,11,13-22H2,1,3-10H3,(H,38,47)(H,39,46)(H2,40,41,49)/t23?,24?,25-,27?,28+,30-/m1/s1. The van der Waals surface area contributed by atoms with Crippen LogP contribution in [0.5, 0.6) is 0 Å². The van der Waals surface area contributed by atoms with E-state index in [1.807, 2.05) is 48.5 Å². The minimum atomic E-state index is -1.02. The van der Waals surface area contributed by atoms with Gasteiger partial charge >= 0.3 is 6.03 Å². The number of amides is 6. The Balaban J connectivity index is 1.82. The van der Waals surface area contributed by atoms with Gasteiger partial charge in [-0.1, -0.05) is 87.7 Å². The lowest BCUT2D eigenvalue weighted by molar-refractivity contribution is -0.145. The first-order chi connectivity index (χ1) is 22.7. The van der Waals surface area contributed by atoms with E-state index >= 15 is 0 Å². The number of unbranched alkanes of at least 4 members (excludes halogenated alkanes) is 2. The van der Waals surface area contributed by atoms with Gasteiger partial charge in [-0.3, -0.25) is 24.0 Å². The van der Waals surface area contributed by atoms with Crippen molar-refractivity contribution in [3.63, 3.8) is 0 Å². The van der Waals surface area contributed by atoms with E-state index in [0.29, 0.717) is 38.9 Å². The minimum Gasteiger partial charge on any atom is -0.346 e. The molecule has 0 aromatic rings. The Labute approximate surface area is 293 Å². The number of urea groups is 1. The molecule has 1 aliphatic carbocycles. The van der Waals surface area contributed by atoms with Crippen LogP contribution in [0.25, 0.3) is 0 Å². The Bertz CT molecular complexity index is 1270. The quantitative estimate of drug-likeness (QED) is 0.117. The number of hydrogen-bond acceptors (Lipinski definition) is 6. The molecule has 49 heavy (non-hydrogen) atoms. The maximum absolute atomic E-state index is 14.4. The first kappa shape index (κ1) is 40.0. The van der Waals surface area contributed by atoms with E-state index in [1.165, 1.54) is 6.08 Å². The molecule has 2 heterocycles. The molecule has 0 radical (unpaired) electrons. The molecule has 2 saturated heterocycles. The molecule has 6 atom stereocenters. The number of likely N-dealkylation sites (tertiary alicyclic amines) is 2. The third-order valence-electron chi connectivity index (χ3n) is 10.7. The number of carbonyl (C=O) groups excluding carboxylic acids is 6. The summed E-state index contributed by atoms with van der Waals surface area (Å²) in [6.45, 7) is 22.9. The maximum Gasteiger partial charge on any atom is 0.315 e. The highest BCUT2D eigenvalue weighted by atomic mass is 16.2. The van der Waals surface area contributed by atoms with Crippen LogP contribution in [0.1, 0.15) is 107 Å². The summed E-state index contributed by atoms with van der Waals surface area (Å²) in [5, 5.41) is 11.4. The van der Waals surface area contributed by atoms with Gasteiger partial charge in [0.05, 0.1) is 12.1 Å². The topological polar surface area (TPSA) is 157 Å². The highest BCUT2D eigenvalue weighted by molar-refractivity contribution is 6.38. The minimum absolute atomic E-state index is 0.0805. The molecular formula is C37H62N6O6. The number of nitrogens with one attached hydrogen (secondary N) is 4. The van der Waals surface area contributed by atoms with Crippen molar-refractivity contribution in [3.8, 4) is 0 Å². The number of nitrogens with zero attached hydrogens (tertiary/aromatic N) is 2. The summed E-state index contributed by atoms with van der Waals surface area (Å²) in [4.78, 5) is 83.9. The fourth-order valence-electron chi connectivity index (χ4n) is 7.30. The van der Waals surface area contributed by atoms with Crippen molar-refractivity contribution < 1.29 is 28.8 Å². The second-order valence-electron chi connectivity index (χ2n) is 16.9. The Morgan fingerprint density at radius 2 is 1.65 bits per heavy atom. The summed E-state index contributed by atoms with van der Waals surface area (Å²) in [6, 6.07) is -3.73. The van der Waals surface area contributed by atoms with Crippen molar-refractivity contribution in [3.05, 3.63) is 12.7 Å². The van der Waals surface area contributed by atoms with Gasteiger partial charge in [0.1, 0.15) is 12.1 Å². The van der Waals surface area contributed by atoms with E-state index < -0.39 is 47.2 Å². The highest BCUT2D eigenvalue weighted by Gasteiger charge is 2.70. The van der Waals surface area contributed by atoms with E-state index in [0.717, 1.165) is 25.7 Å². The average molecular weight is 687 g/mol. The van der Waals surface area contributed by atoms with Crippen LogP contribution in [0.3, 0.4) is 0 Å². The molecule has 1 saturated carbocycles. The van der Waals surface area contributed by atoms with Crippen molar-refractivity contribution in [2.45, 2.75) is 131 Å². The second-order valence-corrected chi connectivity index (χ2v) is 16.9. The van der Waals surface area contributed by atoms with Crippen LogP contribution in [0, 0.1) is 28.1 Å². The second kappa shape index (κ2) is 16.1. The van der Waals surface area contributed by atoms with Crippen LogP contribution in [0.15, 0.2) is 12.7 Å². The molecule has 276 valence electrons. The lowest BCUT2D eigenvalue weighted by Crippen LogP contribution is -2.63. The first-order valence-corrected chi connectivity index (χ1v) is 18.1. The van der Waals surface area contributed by atoms with Crippen LogP contribution in [-0.2, 0) is 24.0 Å². The van der Waals surface area contributed by atoms with Crippen molar-refractivity contribution >= 4 is 35.4 Å². The monoisotopic (exact) mass is 686 g/mol. The predicted molar refractivity (Wildman–Crippen MR) is 189 cm³/mol. The Morgan fingerprint density at radius 1 is 0.980 bits per heavy atom. The summed E-state index contributed by atoms with van der Waals surface area (Å²) in [5.41, 5.74) is -1.26. The molecular weight excluding hydrogens is 624 g/mol. The van der Waals surface area contributed by atoms with Gasteiger partial charge in [-0.25, -0.2) is 4.79 Å². The summed E-state index contributed by atoms with van der Waals surface area (Å²) in [7, 11) is 0. The van der Waals surface area contributed by atoms with Gasteiger partial charge < -0.3 is 31.1 Å². The van der Waals surface area contributed by atoms with Crippen LogP contribution in [0.2, 0.25) is 0 Å². The zero-order chi connectivity index (χ0) is 36.9. The van der Waals surface area contributed by atoms with Crippen molar-refractivity contribution in [2.75, 3.05) is 26.2 Å². The summed E-state index contributed by atoms with van der Waals surface area (Å²) in [5.74, 6) is -2.31. The molecule has 3 rings (SSSR count). The van der Waals surface area contributed by atoms with Gasteiger partial charge in [-0.05, 0) is 47.3 Å². The number of Topliss-reactive ketones (excluding diaryl/α,β-unsaturated/α-hetero) is 1. The van der Waals surface area contributed by atoms with Crippen molar-refractivity contribution in [1.29, 1.82) is 0 Å². The highest BCUT2D eigenvalue weighted by Crippen LogP contribution is 2.65. The lowest BCUT2D eigenvalue weighted by atomic mass is 9.84. The Hall–Kier alpha value is -3.44. The van der Waals surface area contributed by atoms with E-state index in [-0.39, 0.29) is 47.1 Å². The zero-order valence-electron chi connectivity index (χ0n) is 31.4. The number of fused-ring (bicyclic) bond motifs is 1. The SMILES string of the molecule is C=CCNC(=O)C(=O)C(CCCCC)NC(=O)[C@@H]1C2C(CN1C(=O)[C@@H](NC(=O)N[C@H](CN1CCCCC1=O)C(C)(C)C)C(C)(C)C)C2(C)C. The largest absolute Gasteiger partial charge is 0.346 e. The molecule has 0 bridgehead atoms. The number of hydrogen-bond donors (Lipinski definition) is 4. The number of piperidine rings is 2. The molecule has 3 unspecified atom stereocenters. The summed E-state index contributed by atoms with van der Waals surface area (Å²) in [6.07, 6.45) is 6.48. The molecule has 0 aromatic heterocycles. The van der Waals surface area contributed by atoms with Gasteiger partial charge in [0.2, 0.25) is 23.5 Å². The molecule has 3 fully saturated rings. The maximum atomic E-state index is 14.4. The van der Waals surface area contributed by atoms with E-state index in [4.69, 9.17) is 0 Å². The molecule has 0 aromatic carbocycles. The fourth-order valence-corrected chi connectivity index (χ4v) is 7.30. The Kier molecular flexibility index (Phi) is 13.1. The van der Waals surface area contributed by atoms with Gasteiger partial charge in [0.25, 0.3) is 5.91 Å². The van der Waals surface area contributed by atoms with Gasteiger partial charge in [0.15, 0.2) is 0 Å². The lowest BCUT2D eigenvalue weighted by Gasteiger charge is -2.40. The molecule has 3 aliphatic rings. The smallest absolute Gasteiger partial charge is 0.315 e. The zero-order valence-corrected chi connectivity index (χ0v) is 31.4. The van der Waals surface area contributed by atoms with Crippen LogP contribution >= 0.6 is 0 Å². The first-order valence-electron chi connectivity index (χ1n) is 18.1. The predicted octanol–water partition coefficient (Wildman–Crippen LogP) is 3.55. The summed E-state index contributed by atoms with van der Waals surface area (Å²) >= 11 is 0. The molecule has 0 spiro atoms. The molecule has 6 amide bonds. The number of carbonyl (C=O) groups is 6. The van der Waals surface area contributed by atoms with Crippen LogP contribution in [0.4, 0.5) is 4.79 Å². The van der Waals surface area contributed by atoms with Crippen LogP contribution < -0.4 is 21.3 Å². The molecule has 4 N–H and O–H groups in total. The Morgan fingerprint density at radius 3 is 2.22 bits per heavy atom. The van der Waals surface area contributed by atoms with E-state index in [9.17, 15) is 28.8 Å². The third-order valence-corrected chi connectivity index (χ3v) is 10.7. The molecule has 12 nitrogen and oxygen atoms in total. The van der Waals surface area contributed by atoms with Crippen molar-refractivity contribution in [2.24, 2.45) is 28.1 Å². The normalized spacial score (nSPS) is 23.4. The summed E-state index contributed by atoms with van der Waals surface area (Å²) < 4.78 is 0. The number of rotatable bonds is 15. The average Bonchev–Trinajstić information content (AvgIpc) is 3.32. The van der Waals surface area contributed by atoms with Gasteiger partial charge in [-0.15, -0.1) is 6.58 Å². The number of ketones is 1. The molecule has 12 heteroatoms. The van der Waals surface area contributed by atoms with Crippen molar-refractivity contribution in [1.82, 2.24) is 31.1 Å². The molecule has 2 aliphatic heterocycles. The van der Waals surface area contributed by atoms with Crippen LogP contribution in [-0.4, -0.2) is 95.6 Å². The van der Waals surface area contributed by atoms with E-state index in [2.05, 4.69) is 41.7 Å².